The van der Waals surface area contributed by atoms with Crippen LogP contribution in [-0.4, -0.2) is 19.5 Å². The first-order valence-electron chi connectivity index (χ1n) is 6.01. The van der Waals surface area contributed by atoms with E-state index in [1.165, 1.54) is 4.88 Å². The number of carbonyl (C=O) groups excluding carboxylic acids is 1. The van der Waals surface area contributed by atoms with E-state index >= 15 is 0 Å². The number of thiophene rings is 1. The van der Waals surface area contributed by atoms with Crippen LogP contribution < -0.4 is 16.4 Å². The fourth-order valence-electron chi connectivity index (χ4n) is 1.88. The number of carbonyl (C=O) groups is 1. The lowest BCUT2D eigenvalue weighted by molar-refractivity contribution is 0.100. The van der Waals surface area contributed by atoms with Gasteiger partial charge in [-0.05, 0) is 36.1 Å². The summed E-state index contributed by atoms with van der Waals surface area (Å²) < 4.78 is 0. The van der Waals surface area contributed by atoms with Crippen molar-refractivity contribution in [2.75, 3.05) is 24.2 Å². The Morgan fingerprint density at radius 3 is 2.79 bits per heavy atom. The number of likely N-dealkylation sites (N-methyl/N-ethyl adjacent to an activating group) is 1. The molecular weight excluding hydrogens is 258 g/mol. The molecule has 5 heteroatoms. The molecule has 0 unspecified atom stereocenters. The minimum atomic E-state index is -0.437. The van der Waals surface area contributed by atoms with Gasteiger partial charge in [0.1, 0.15) is 0 Å². The standard InChI is InChI=1S/C14H17N3OS/c1-17(7-6-11-3-2-8-19-11)13-9-10(14(16)18)4-5-12(13)15/h2-5,8-9H,6-7,15H2,1H3,(H2,16,18). The number of benzene rings is 1. The van der Waals surface area contributed by atoms with E-state index in [4.69, 9.17) is 11.5 Å². The van der Waals surface area contributed by atoms with Gasteiger partial charge in [-0.15, -0.1) is 11.3 Å². The van der Waals surface area contributed by atoms with Gasteiger partial charge < -0.3 is 16.4 Å². The highest BCUT2D eigenvalue weighted by molar-refractivity contribution is 7.09. The van der Waals surface area contributed by atoms with Gasteiger partial charge in [-0.3, -0.25) is 4.79 Å². The van der Waals surface area contributed by atoms with Crippen LogP contribution in [0, 0.1) is 0 Å². The third-order valence-corrected chi connectivity index (χ3v) is 3.94. The maximum absolute atomic E-state index is 11.2. The molecule has 0 radical (unpaired) electrons. The van der Waals surface area contributed by atoms with Crippen molar-refractivity contribution in [2.24, 2.45) is 5.73 Å². The van der Waals surface area contributed by atoms with Crippen LogP contribution in [0.2, 0.25) is 0 Å². The molecule has 2 rings (SSSR count). The van der Waals surface area contributed by atoms with Crippen LogP contribution in [0.15, 0.2) is 35.7 Å². The predicted octanol–water partition coefficient (Wildman–Crippen LogP) is 2.11. The fourth-order valence-corrected chi connectivity index (χ4v) is 2.58. The normalized spacial score (nSPS) is 10.4. The first-order chi connectivity index (χ1) is 9.08. The van der Waals surface area contributed by atoms with E-state index in [9.17, 15) is 4.79 Å². The minimum Gasteiger partial charge on any atom is -0.397 e. The molecule has 0 atom stereocenters. The van der Waals surface area contributed by atoms with Gasteiger partial charge in [-0.25, -0.2) is 0 Å². The van der Waals surface area contributed by atoms with Gasteiger partial charge in [0, 0.05) is 24.0 Å². The first-order valence-corrected chi connectivity index (χ1v) is 6.88. The molecule has 100 valence electrons. The average molecular weight is 275 g/mol. The predicted molar refractivity (Wildman–Crippen MR) is 80.7 cm³/mol. The second-order valence-electron chi connectivity index (χ2n) is 4.39. The second-order valence-corrected chi connectivity index (χ2v) is 5.42. The first kappa shape index (κ1) is 13.4. The van der Waals surface area contributed by atoms with Crippen LogP contribution in [-0.2, 0) is 6.42 Å². The number of hydrogen-bond donors (Lipinski definition) is 2. The monoisotopic (exact) mass is 275 g/mol. The van der Waals surface area contributed by atoms with Gasteiger partial charge in [0.25, 0.3) is 0 Å². The van der Waals surface area contributed by atoms with Crippen LogP contribution in [0.25, 0.3) is 0 Å². The third-order valence-electron chi connectivity index (χ3n) is 3.00. The average Bonchev–Trinajstić information content (AvgIpc) is 2.89. The molecule has 1 aromatic heterocycles. The quantitative estimate of drug-likeness (QED) is 0.821. The molecule has 2 aromatic rings. The number of anilines is 2. The van der Waals surface area contributed by atoms with Crippen LogP contribution in [0.1, 0.15) is 15.2 Å². The van der Waals surface area contributed by atoms with Gasteiger partial charge in [-0.1, -0.05) is 6.07 Å². The summed E-state index contributed by atoms with van der Waals surface area (Å²) in [5.41, 5.74) is 13.2. The molecular formula is C14H17N3OS. The zero-order valence-corrected chi connectivity index (χ0v) is 11.6. The van der Waals surface area contributed by atoms with Gasteiger partial charge in [0.2, 0.25) is 5.91 Å². The van der Waals surface area contributed by atoms with Crippen LogP contribution >= 0.6 is 11.3 Å². The number of hydrogen-bond acceptors (Lipinski definition) is 4. The molecule has 0 fully saturated rings. The molecule has 1 heterocycles. The minimum absolute atomic E-state index is 0.437. The molecule has 0 aliphatic rings. The van der Waals surface area contributed by atoms with Gasteiger partial charge in [-0.2, -0.15) is 0 Å². The number of nitrogens with two attached hydrogens (primary N) is 2. The molecule has 1 amide bonds. The van der Waals surface area contributed by atoms with Crippen LogP contribution in [0.4, 0.5) is 11.4 Å². The van der Waals surface area contributed by atoms with Crippen LogP contribution in [0.3, 0.4) is 0 Å². The number of nitrogen functional groups attached to an aromatic ring is 1. The van der Waals surface area contributed by atoms with E-state index in [2.05, 4.69) is 11.4 Å². The van der Waals surface area contributed by atoms with Gasteiger partial charge >= 0.3 is 0 Å². The molecule has 0 aliphatic heterocycles. The Morgan fingerprint density at radius 2 is 2.16 bits per heavy atom. The molecule has 4 nitrogen and oxygen atoms in total. The number of rotatable bonds is 5. The summed E-state index contributed by atoms with van der Waals surface area (Å²) in [6.45, 7) is 0.840. The highest BCUT2D eigenvalue weighted by Crippen LogP contribution is 2.24. The summed E-state index contributed by atoms with van der Waals surface area (Å²) in [6.07, 6.45) is 0.953. The Morgan fingerprint density at radius 1 is 1.37 bits per heavy atom. The van der Waals surface area contributed by atoms with Crippen molar-refractivity contribution < 1.29 is 4.79 Å². The summed E-state index contributed by atoms with van der Waals surface area (Å²) in [4.78, 5) is 14.6. The van der Waals surface area contributed by atoms with Gasteiger partial charge in [0.05, 0.1) is 11.4 Å². The van der Waals surface area contributed by atoms with Crippen molar-refractivity contribution in [1.29, 1.82) is 0 Å². The summed E-state index contributed by atoms with van der Waals surface area (Å²) >= 11 is 1.74. The van der Waals surface area contributed by atoms with Crippen molar-refractivity contribution in [3.63, 3.8) is 0 Å². The maximum atomic E-state index is 11.2. The van der Waals surface area contributed by atoms with E-state index < -0.39 is 5.91 Å². The molecule has 0 saturated heterocycles. The summed E-state index contributed by atoms with van der Waals surface area (Å²) in [5.74, 6) is -0.437. The molecule has 0 bridgehead atoms. The summed E-state index contributed by atoms with van der Waals surface area (Å²) in [6, 6.07) is 9.27. The van der Waals surface area contributed by atoms with E-state index in [1.807, 2.05) is 18.0 Å². The molecule has 0 spiro atoms. The van der Waals surface area contributed by atoms with Gasteiger partial charge in [0.15, 0.2) is 0 Å². The number of primary amides is 1. The zero-order valence-electron chi connectivity index (χ0n) is 10.8. The van der Waals surface area contributed by atoms with E-state index in [0.29, 0.717) is 11.3 Å². The molecule has 0 aliphatic carbocycles. The summed E-state index contributed by atoms with van der Waals surface area (Å²) in [7, 11) is 1.96. The van der Waals surface area contributed by atoms with Crippen molar-refractivity contribution >= 4 is 28.6 Å². The van der Waals surface area contributed by atoms with E-state index in [1.54, 1.807) is 29.5 Å². The van der Waals surface area contributed by atoms with Crippen molar-refractivity contribution in [2.45, 2.75) is 6.42 Å². The molecule has 19 heavy (non-hydrogen) atoms. The topological polar surface area (TPSA) is 72.3 Å². The second kappa shape index (κ2) is 5.75. The maximum Gasteiger partial charge on any atom is 0.248 e. The Kier molecular flexibility index (Phi) is 4.06. The Labute approximate surface area is 116 Å². The lowest BCUT2D eigenvalue weighted by Gasteiger charge is -2.21. The lowest BCUT2D eigenvalue weighted by atomic mass is 10.1. The van der Waals surface area contributed by atoms with E-state index in [0.717, 1.165) is 18.7 Å². The molecule has 0 saturated carbocycles. The largest absolute Gasteiger partial charge is 0.397 e. The molecule has 1 aromatic carbocycles. The smallest absolute Gasteiger partial charge is 0.248 e. The number of nitrogens with zero attached hydrogens (tertiary/aromatic N) is 1. The highest BCUT2D eigenvalue weighted by Gasteiger charge is 2.09. The van der Waals surface area contributed by atoms with Crippen molar-refractivity contribution in [3.05, 3.63) is 46.2 Å². The van der Waals surface area contributed by atoms with Crippen LogP contribution in [0.5, 0.6) is 0 Å². The van der Waals surface area contributed by atoms with Crippen molar-refractivity contribution in [1.82, 2.24) is 0 Å². The van der Waals surface area contributed by atoms with Crippen molar-refractivity contribution in [3.8, 4) is 0 Å². The fraction of sp³-hybridized carbons (Fsp3) is 0.214. The Hall–Kier alpha value is -2.01. The number of amides is 1. The zero-order chi connectivity index (χ0) is 13.8. The summed E-state index contributed by atoms with van der Waals surface area (Å²) in [5, 5.41) is 2.07. The molecule has 4 N–H and O–H groups in total. The SMILES string of the molecule is CN(CCc1cccs1)c1cc(C(N)=O)ccc1N. The Bertz CT molecular complexity index is 566. The lowest BCUT2D eigenvalue weighted by Crippen LogP contribution is -2.22. The highest BCUT2D eigenvalue weighted by atomic mass is 32.1. The third kappa shape index (κ3) is 3.26. The van der Waals surface area contributed by atoms with E-state index in [-0.39, 0.29) is 0 Å². The Balaban J connectivity index is 2.11.